The van der Waals surface area contributed by atoms with Crippen molar-refractivity contribution in [2.24, 2.45) is 0 Å². The number of likely N-dealkylation sites (tertiary alicyclic amines) is 1. The molecule has 114 valence electrons. The summed E-state index contributed by atoms with van der Waals surface area (Å²) in [7, 11) is 0. The average molecular weight is 330 g/mol. The number of nitrogens with two attached hydrogens (primary N) is 1. The summed E-state index contributed by atoms with van der Waals surface area (Å²) < 4.78 is 0. The minimum absolute atomic E-state index is 0.0446. The van der Waals surface area contributed by atoms with E-state index in [4.69, 9.17) is 28.9 Å². The van der Waals surface area contributed by atoms with Gasteiger partial charge in [0.05, 0.1) is 15.7 Å². The standard InChI is InChI=1S/C14H17Cl2N3O2/c1-8(20)19-4-2-10(3-5-19)18-14(21)9-6-11(15)13(17)12(16)7-9/h6-7,10H,2-5,17H2,1H3,(H,18,21). The van der Waals surface area contributed by atoms with E-state index in [0.29, 0.717) is 18.7 Å². The molecule has 1 aliphatic rings. The Bertz CT molecular complexity index is 546. The third-order valence-corrected chi connectivity index (χ3v) is 4.24. The normalized spacial score (nSPS) is 15.9. The monoisotopic (exact) mass is 329 g/mol. The first kappa shape index (κ1) is 15.9. The fourth-order valence-electron chi connectivity index (χ4n) is 2.32. The third kappa shape index (κ3) is 3.80. The van der Waals surface area contributed by atoms with Gasteiger partial charge in [0, 0.05) is 31.6 Å². The van der Waals surface area contributed by atoms with Crippen molar-refractivity contribution in [2.45, 2.75) is 25.8 Å². The molecule has 7 heteroatoms. The summed E-state index contributed by atoms with van der Waals surface area (Å²) in [6, 6.07) is 3.05. The van der Waals surface area contributed by atoms with Gasteiger partial charge in [-0.3, -0.25) is 9.59 Å². The lowest BCUT2D eigenvalue weighted by atomic mass is 10.0. The number of hydrogen-bond donors (Lipinski definition) is 2. The SMILES string of the molecule is CC(=O)N1CCC(NC(=O)c2cc(Cl)c(N)c(Cl)c2)CC1. The number of nitrogen functional groups attached to an aromatic ring is 1. The average Bonchev–Trinajstić information content (AvgIpc) is 2.44. The Morgan fingerprint density at radius 3 is 2.24 bits per heavy atom. The molecule has 1 heterocycles. The Morgan fingerprint density at radius 2 is 1.76 bits per heavy atom. The highest BCUT2D eigenvalue weighted by molar-refractivity contribution is 6.39. The van der Waals surface area contributed by atoms with Crippen molar-refractivity contribution in [3.8, 4) is 0 Å². The van der Waals surface area contributed by atoms with Crippen LogP contribution in [0.5, 0.6) is 0 Å². The van der Waals surface area contributed by atoms with Crippen LogP contribution in [-0.2, 0) is 4.79 Å². The lowest BCUT2D eigenvalue weighted by Gasteiger charge is -2.31. The van der Waals surface area contributed by atoms with Crippen LogP contribution < -0.4 is 11.1 Å². The van der Waals surface area contributed by atoms with Crippen LogP contribution in [0.3, 0.4) is 0 Å². The van der Waals surface area contributed by atoms with Gasteiger partial charge in [-0.25, -0.2) is 0 Å². The molecule has 0 spiro atoms. The van der Waals surface area contributed by atoms with Crippen LogP contribution in [0.1, 0.15) is 30.1 Å². The predicted molar refractivity (Wildman–Crippen MR) is 83.6 cm³/mol. The number of hydrogen-bond acceptors (Lipinski definition) is 3. The highest BCUT2D eigenvalue weighted by atomic mass is 35.5. The second-order valence-corrected chi connectivity index (χ2v) is 5.92. The Labute approximate surface area is 133 Å². The van der Waals surface area contributed by atoms with Crippen LogP contribution in [-0.4, -0.2) is 35.8 Å². The Kier molecular flexibility index (Phi) is 4.96. The maximum atomic E-state index is 12.2. The van der Waals surface area contributed by atoms with E-state index < -0.39 is 0 Å². The molecule has 1 fully saturated rings. The fourth-order valence-corrected chi connectivity index (χ4v) is 2.81. The summed E-state index contributed by atoms with van der Waals surface area (Å²) in [5.41, 5.74) is 6.30. The summed E-state index contributed by atoms with van der Waals surface area (Å²) in [6.45, 7) is 2.87. The number of anilines is 1. The van der Waals surface area contributed by atoms with Crippen LogP contribution in [0.2, 0.25) is 10.0 Å². The molecule has 3 N–H and O–H groups in total. The number of amides is 2. The molecule has 0 unspecified atom stereocenters. The zero-order valence-electron chi connectivity index (χ0n) is 11.7. The van der Waals surface area contributed by atoms with Crippen molar-refractivity contribution >= 4 is 40.7 Å². The molecule has 0 aromatic heterocycles. The van der Waals surface area contributed by atoms with Crippen molar-refractivity contribution in [2.75, 3.05) is 18.8 Å². The Morgan fingerprint density at radius 1 is 1.24 bits per heavy atom. The first-order chi connectivity index (χ1) is 9.88. The lowest BCUT2D eigenvalue weighted by Crippen LogP contribution is -2.46. The molecule has 1 aromatic carbocycles. The van der Waals surface area contributed by atoms with Crippen molar-refractivity contribution in [3.63, 3.8) is 0 Å². The van der Waals surface area contributed by atoms with Gasteiger partial charge in [-0.2, -0.15) is 0 Å². The lowest BCUT2D eigenvalue weighted by molar-refractivity contribution is -0.129. The number of nitrogens with one attached hydrogen (secondary N) is 1. The first-order valence-electron chi connectivity index (χ1n) is 6.69. The van der Waals surface area contributed by atoms with Crippen molar-refractivity contribution in [3.05, 3.63) is 27.7 Å². The van der Waals surface area contributed by atoms with Crippen LogP contribution in [0, 0.1) is 0 Å². The maximum Gasteiger partial charge on any atom is 0.251 e. The molecule has 5 nitrogen and oxygen atoms in total. The molecule has 2 rings (SSSR count). The molecule has 0 saturated carbocycles. The van der Waals surface area contributed by atoms with Crippen LogP contribution in [0.25, 0.3) is 0 Å². The summed E-state index contributed by atoms with van der Waals surface area (Å²) >= 11 is 11.9. The van der Waals surface area contributed by atoms with Gasteiger partial charge in [0.15, 0.2) is 0 Å². The number of nitrogens with zero attached hydrogens (tertiary/aromatic N) is 1. The molecule has 2 amide bonds. The van der Waals surface area contributed by atoms with Crippen LogP contribution in [0.15, 0.2) is 12.1 Å². The van der Waals surface area contributed by atoms with Crippen molar-refractivity contribution < 1.29 is 9.59 Å². The summed E-state index contributed by atoms with van der Waals surface area (Å²) in [6.07, 6.45) is 1.48. The van der Waals surface area contributed by atoms with Gasteiger partial charge in [-0.1, -0.05) is 23.2 Å². The van der Waals surface area contributed by atoms with Gasteiger partial charge in [-0.05, 0) is 25.0 Å². The number of halogens is 2. The molecular formula is C14H17Cl2N3O2. The third-order valence-electron chi connectivity index (χ3n) is 3.62. The van der Waals surface area contributed by atoms with E-state index >= 15 is 0 Å². The molecule has 0 aliphatic carbocycles. The summed E-state index contributed by atoms with van der Waals surface area (Å²) in [5, 5.41) is 3.46. The second-order valence-electron chi connectivity index (χ2n) is 5.11. The molecule has 0 atom stereocenters. The topological polar surface area (TPSA) is 75.4 Å². The van der Waals surface area contributed by atoms with E-state index in [2.05, 4.69) is 5.32 Å². The number of rotatable bonds is 2. The number of benzene rings is 1. The van der Waals surface area contributed by atoms with Gasteiger partial charge in [0.25, 0.3) is 5.91 Å². The zero-order chi connectivity index (χ0) is 15.6. The van der Waals surface area contributed by atoms with Crippen molar-refractivity contribution in [1.82, 2.24) is 10.2 Å². The molecule has 0 bridgehead atoms. The Balaban J connectivity index is 1.98. The number of carbonyl (C=O) groups excluding carboxylic acids is 2. The minimum atomic E-state index is -0.236. The summed E-state index contributed by atoms with van der Waals surface area (Å²) in [4.78, 5) is 25.2. The molecular weight excluding hydrogens is 313 g/mol. The van der Waals surface area contributed by atoms with Gasteiger partial charge in [-0.15, -0.1) is 0 Å². The molecule has 1 aliphatic heterocycles. The van der Waals surface area contributed by atoms with E-state index in [1.807, 2.05) is 0 Å². The summed E-state index contributed by atoms with van der Waals surface area (Å²) in [5.74, 6) is -0.169. The first-order valence-corrected chi connectivity index (χ1v) is 7.45. The van der Waals surface area contributed by atoms with Gasteiger partial charge < -0.3 is 16.0 Å². The molecule has 1 saturated heterocycles. The van der Waals surface area contributed by atoms with Crippen LogP contribution in [0.4, 0.5) is 5.69 Å². The van der Waals surface area contributed by atoms with Gasteiger partial charge >= 0.3 is 0 Å². The molecule has 21 heavy (non-hydrogen) atoms. The van der Waals surface area contributed by atoms with E-state index in [1.54, 1.807) is 11.8 Å². The fraction of sp³-hybridized carbons (Fsp3) is 0.429. The van der Waals surface area contributed by atoms with Gasteiger partial charge in [0.2, 0.25) is 5.91 Å². The van der Waals surface area contributed by atoms with Crippen molar-refractivity contribution in [1.29, 1.82) is 0 Å². The quantitative estimate of drug-likeness (QED) is 0.817. The van der Waals surface area contributed by atoms with Gasteiger partial charge in [0.1, 0.15) is 0 Å². The van der Waals surface area contributed by atoms with E-state index in [9.17, 15) is 9.59 Å². The number of carbonyl (C=O) groups is 2. The molecule has 0 radical (unpaired) electrons. The predicted octanol–water partition coefficient (Wildman–Crippen LogP) is 2.32. The molecule has 1 aromatic rings. The highest BCUT2D eigenvalue weighted by Gasteiger charge is 2.22. The van der Waals surface area contributed by atoms with Crippen LogP contribution >= 0.6 is 23.2 Å². The Hall–Kier alpha value is -1.46. The largest absolute Gasteiger partial charge is 0.396 e. The van der Waals surface area contributed by atoms with E-state index in [-0.39, 0.29) is 33.6 Å². The van der Waals surface area contributed by atoms with E-state index in [1.165, 1.54) is 12.1 Å². The maximum absolute atomic E-state index is 12.2. The zero-order valence-corrected chi connectivity index (χ0v) is 13.2. The second kappa shape index (κ2) is 6.54. The van der Waals surface area contributed by atoms with E-state index in [0.717, 1.165) is 12.8 Å². The smallest absolute Gasteiger partial charge is 0.251 e. The highest BCUT2D eigenvalue weighted by Crippen LogP contribution is 2.28. The number of piperidine rings is 1. The minimum Gasteiger partial charge on any atom is -0.396 e.